The van der Waals surface area contributed by atoms with E-state index in [9.17, 15) is 9.59 Å². The Balaban J connectivity index is 2.43. The van der Waals surface area contributed by atoms with E-state index in [4.69, 9.17) is 15.5 Å². The molecule has 0 aliphatic carbocycles. The summed E-state index contributed by atoms with van der Waals surface area (Å²) in [5, 5.41) is 4.99. The van der Waals surface area contributed by atoms with Gasteiger partial charge in [0.2, 0.25) is 0 Å². The van der Waals surface area contributed by atoms with Crippen molar-refractivity contribution in [1.29, 1.82) is 0 Å². The average Bonchev–Trinajstić information content (AvgIpc) is 2.38. The molecule has 94 valence electrons. The summed E-state index contributed by atoms with van der Waals surface area (Å²) >= 11 is 0. The van der Waals surface area contributed by atoms with Gasteiger partial charge < -0.3 is 10.6 Å². The van der Waals surface area contributed by atoms with Gasteiger partial charge in [-0.25, -0.2) is 9.80 Å². The summed E-state index contributed by atoms with van der Waals surface area (Å²) in [5.41, 5.74) is 6.62. The molecule has 0 atom stereocenters. The van der Waals surface area contributed by atoms with Crippen molar-refractivity contribution in [3.05, 3.63) is 29.3 Å². The monoisotopic (exact) mass is 249 g/mol. The van der Waals surface area contributed by atoms with Crippen LogP contribution < -0.4 is 10.6 Å². The maximum atomic E-state index is 10.9. The van der Waals surface area contributed by atoms with Gasteiger partial charge in [0.05, 0.1) is 0 Å². The fourth-order valence-electron chi connectivity index (χ4n) is 1.46. The number of carbonyl (C=O) groups excluding carboxylic acids is 2. The summed E-state index contributed by atoms with van der Waals surface area (Å²) in [7, 11) is 1.42. The Morgan fingerprint density at radius 2 is 2.33 bits per heavy atom. The lowest BCUT2D eigenvalue weighted by Crippen LogP contribution is -2.31. The summed E-state index contributed by atoms with van der Waals surface area (Å²) in [6, 6.07) is 4.11. The molecular weight excluding hydrogens is 238 g/mol. The summed E-state index contributed by atoms with van der Waals surface area (Å²) in [6.07, 6.45) is 0.713. The molecule has 18 heavy (non-hydrogen) atoms. The van der Waals surface area contributed by atoms with E-state index in [0.717, 1.165) is 5.01 Å². The zero-order chi connectivity index (χ0) is 13.1. The van der Waals surface area contributed by atoms with Gasteiger partial charge in [-0.3, -0.25) is 4.79 Å². The Morgan fingerprint density at radius 3 is 3.00 bits per heavy atom. The van der Waals surface area contributed by atoms with Crippen molar-refractivity contribution < 1.29 is 19.4 Å². The van der Waals surface area contributed by atoms with Crippen LogP contribution in [0.4, 0.5) is 4.79 Å². The van der Waals surface area contributed by atoms with Crippen LogP contribution in [0.15, 0.2) is 23.3 Å². The molecule has 1 aromatic carbocycles. The largest absolute Gasteiger partial charge is 0.350 e. The molecule has 0 fully saturated rings. The molecule has 0 radical (unpaired) electrons. The van der Waals surface area contributed by atoms with Crippen LogP contribution >= 0.6 is 0 Å². The lowest BCUT2D eigenvalue weighted by atomic mass is 10.1. The molecule has 2 N–H and O–H groups in total. The zero-order valence-electron chi connectivity index (χ0n) is 9.62. The van der Waals surface area contributed by atoms with E-state index in [0.29, 0.717) is 28.9 Å². The summed E-state index contributed by atoms with van der Waals surface area (Å²) < 4.78 is 0. The lowest BCUT2D eigenvalue weighted by Gasteiger charge is -2.19. The quantitative estimate of drug-likeness (QED) is 0.470. The third kappa shape index (κ3) is 2.30. The number of hydrogen-bond donors (Lipinski definition) is 1. The first kappa shape index (κ1) is 12.1. The molecular formula is C11H11N3O4. The highest BCUT2D eigenvalue weighted by atomic mass is 17.2. The normalized spacial score (nSPS) is 15.7. The van der Waals surface area contributed by atoms with Gasteiger partial charge in [-0.15, -0.1) is 0 Å². The van der Waals surface area contributed by atoms with Crippen molar-refractivity contribution in [2.45, 2.75) is 0 Å². The number of carbonyl (C=O) groups is 2. The van der Waals surface area contributed by atoms with Crippen LogP contribution in [0.25, 0.3) is 0 Å². The predicted molar refractivity (Wildman–Crippen MR) is 62.3 cm³/mol. The molecule has 0 bridgehead atoms. The Bertz CT molecular complexity index is 527. The van der Waals surface area contributed by atoms with Gasteiger partial charge in [-0.2, -0.15) is 9.99 Å². The van der Waals surface area contributed by atoms with Crippen LogP contribution in [-0.2, 0) is 4.89 Å². The molecule has 0 saturated carbocycles. The third-order valence-electron chi connectivity index (χ3n) is 2.38. The first-order valence-corrected chi connectivity index (χ1v) is 5.11. The fraction of sp³-hybridized carbons (Fsp3) is 0.182. The number of aldehydes is 1. The molecule has 1 aliphatic rings. The average molecular weight is 249 g/mol. The molecule has 1 aliphatic heterocycles. The van der Waals surface area contributed by atoms with Crippen LogP contribution in [-0.4, -0.2) is 36.7 Å². The standard InChI is InChI=1S/C11H11N3O4/c1-14(11(12)16)13-9-6-17-18-10-3-2-7(5-15)4-8(9)10/h2-5H,6H2,1H3,(H2,12,16). The number of hydrazone groups is 1. The van der Waals surface area contributed by atoms with E-state index < -0.39 is 6.03 Å². The summed E-state index contributed by atoms with van der Waals surface area (Å²) in [5.74, 6) is 0.434. The van der Waals surface area contributed by atoms with Crippen LogP contribution in [0.5, 0.6) is 5.75 Å². The smallest absolute Gasteiger partial charge is 0.334 e. The molecule has 7 heteroatoms. The van der Waals surface area contributed by atoms with Crippen molar-refractivity contribution in [3.63, 3.8) is 0 Å². The van der Waals surface area contributed by atoms with E-state index >= 15 is 0 Å². The van der Waals surface area contributed by atoms with E-state index in [2.05, 4.69) is 5.10 Å². The number of urea groups is 1. The molecule has 1 heterocycles. The number of nitrogens with zero attached hydrogens (tertiary/aromatic N) is 2. The number of nitrogens with two attached hydrogens (primary N) is 1. The van der Waals surface area contributed by atoms with Gasteiger partial charge >= 0.3 is 6.03 Å². The number of rotatable bonds is 2. The molecule has 1 aromatic rings. The highest BCUT2D eigenvalue weighted by Gasteiger charge is 2.20. The van der Waals surface area contributed by atoms with Crippen molar-refractivity contribution >= 4 is 18.0 Å². The van der Waals surface area contributed by atoms with Crippen LogP contribution in [0.2, 0.25) is 0 Å². The van der Waals surface area contributed by atoms with Gasteiger partial charge in [0.1, 0.15) is 18.6 Å². The van der Waals surface area contributed by atoms with Crippen LogP contribution in [0.1, 0.15) is 15.9 Å². The highest BCUT2D eigenvalue weighted by Crippen LogP contribution is 2.24. The summed E-state index contributed by atoms with van der Waals surface area (Å²) in [6.45, 7) is 0.0624. The first-order valence-electron chi connectivity index (χ1n) is 5.11. The van der Waals surface area contributed by atoms with Gasteiger partial charge in [-0.1, -0.05) is 0 Å². The second-order valence-corrected chi connectivity index (χ2v) is 3.63. The van der Waals surface area contributed by atoms with Crippen molar-refractivity contribution in [2.24, 2.45) is 10.8 Å². The Hall–Kier alpha value is -2.41. The zero-order valence-corrected chi connectivity index (χ0v) is 9.62. The van der Waals surface area contributed by atoms with Gasteiger partial charge in [0.25, 0.3) is 0 Å². The second kappa shape index (κ2) is 4.84. The lowest BCUT2D eigenvalue weighted by molar-refractivity contribution is -0.195. The first-order chi connectivity index (χ1) is 8.61. The SMILES string of the molecule is CN(N=C1COOc2ccc(C=O)cc21)C(N)=O. The molecule has 0 saturated heterocycles. The van der Waals surface area contributed by atoms with Crippen LogP contribution in [0, 0.1) is 0 Å². The molecule has 2 amide bonds. The number of hydrogen-bond acceptors (Lipinski definition) is 5. The minimum atomic E-state index is -0.693. The number of amides is 2. The third-order valence-corrected chi connectivity index (χ3v) is 2.38. The number of benzene rings is 1. The highest BCUT2D eigenvalue weighted by molar-refractivity contribution is 6.05. The topological polar surface area (TPSA) is 94.2 Å². The maximum absolute atomic E-state index is 10.9. The Labute approximate surface area is 103 Å². The second-order valence-electron chi connectivity index (χ2n) is 3.63. The maximum Gasteiger partial charge on any atom is 0.334 e. The molecule has 7 nitrogen and oxygen atoms in total. The predicted octanol–water partition coefficient (Wildman–Crippen LogP) is 0.538. The van der Waals surface area contributed by atoms with Gasteiger partial charge in [0.15, 0.2) is 5.75 Å². The van der Waals surface area contributed by atoms with E-state index in [-0.39, 0.29) is 6.61 Å². The van der Waals surface area contributed by atoms with Crippen molar-refractivity contribution in [2.75, 3.05) is 13.7 Å². The van der Waals surface area contributed by atoms with Crippen LogP contribution in [0.3, 0.4) is 0 Å². The van der Waals surface area contributed by atoms with Crippen molar-refractivity contribution in [3.8, 4) is 5.75 Å². The summed E-state index contributed by atoms with van der Waals surface area (Å²) in [4.78, 5) is 31.5. The van der Waals surface area contributed by atoms with Gasteiger partial charge in [-0.05, 0) is 18.2 Å². The van der Waals surface area contributed by atoms with E-state index in [1.54, 1.807) is 18.2 Å². The Morgan fingerprint density at radius 1 is 1.56 bits per heavy atom. The van der Waals surface area contributed by atoms with E-state index in [1.165, 1.54) is 7.05 Å². The Kier molecular flexibility index (Phi) is 3.24. The molecule has 0 unspecified atom stereocenters. The molecule has 0 spiro atoms. The van der Waals surface area contributed by atoms with Crippen molar-refractivity contribution in [1.82, 2.24) is 5.01 Å². The van der Waals surface area contributed by atoms with Gasteiger partial charge in [0, 0.05) is 18.2 Å². The fourth-order valence-corrected chi connectivity index (χ4v) is 1.46. The minimum absolute atomic E-state index is 0.0624. The number of fused-ring (bicyclic) bond motifs is 1. The minimum Gasteiger partial charge on any atom is -0.350 e. The number of primary amides is 1. The molecule has 2 rings (SSSR count). The van der Waals surface area contributed by atoms with E-state index in [1.807, 2.05) is 0 Å². The molecule has 0 aromatic heterocycles.